The molecule has 0 rings (SSSR count). The minimum absolute atomic E-state index is 0.101. The molecule has 0 aliphatic heterocycles. The van der Waals surface area contributed by atoms with Gasteiger partial charge in [0.2, 0.25) is 0 Å². The van der Waals surface area contributed by atoms with Crippen molar-refractivity contribution < 1.29 is 28.6 Å². The molecular weight excluding hydrogens is 781 g/mol. The Balaban J connectivity index is 4.49. The molecule has 0 aromatic rings. The van der Waals surface area contributed by atoms with Gasteiger partial charge in [0.1, 0.15) is 13.2 Å². The summed E-state index contributed by atoms with van der Waals surface area (Å²) < 4.78 is 16.8. The molecule has 0 amide bonds. The average molecular weight is 877 g/mol. The Morgan fingerprint density at radius 2 is 0.619 bits per heavy atom. The van der Waals surface area contributed by atoms with E-state index in [1.54, 1.807) is 0 Å². The first-order chi connectivity index (χ1) is 31.0. The SMILES string of the molecule is CC/C=C\C/C=C\C/C=C\C/C=C\CCCCC(=O)O[C@H](COC(=O)CCCCCCC/C=C\C/C=C\CCCCC)COC(=O)CCCCCCCCC/C=C\CCCCCC. The molecule has 0 bridgehead atoms. The van der Waals surface area contributed by atoms with E-state index in [0.717, 1.165) is 103 Å². The fourth-order valence-electron chi connectivity index (χ4n) is 6.93. The van der Waals surface area contributed by atoms with Crippen LogP contribution in [0.5, 0.6) is 0 Å². The van der Waals surface area contributed by atoms with Crippen LogP contribution in [0.4, 0.5) is 0 Å². The van der Waals surface area contributed by atoms with Crippen LogP contribution in [-0.4, -0.2) is 37.2 Å². The third-order valence-corrected chi connectivity index (χ3v) is 10.9. The normalized spacial score (nSPS) is 12.7. The molecule has 0 aromatic carbocycles. The zero-order chi connectivity index (χ0) is 45.8. The van der Waals surface area contributed by atoms with E-state index >= 15 is 0 Å². The Kier molecular flexibility index (Phi) is 48.5. The maximum Gasteiger partial charge on any atom is 0.306 e. The van der Waals surface area contributed by atoms with Crippen LogP contribution in [0.3, 0.4) is 0 Å². The van der Waals surface area contributed by atoms with E-state index < -0.39 is 6.10 Å². The first kappa shape index (κ1) is 59.6. The zero-order valence-electron chi connectivity index (χ0n) is 41.1. The van der Waals surface area contributed by atoms with Crippen LogP contribution in [0.25, 0.3) is 0 Å². The summed E-state index contributed by atoms with van der Waals surface area (Å²) in [5.74, 6) is -0.962. The van der Waals surface area contributed by atoms with E-state index in [-0.39, 0.29) is 37.5 Å². The molecule has 0 aliphatic rings. The Morgan fingerprint density at radius 3 is 1.05 bits per heavy atom. The molecule has 0 spiro atoms. The number of hydrogen-bond acceptors (Lipinski definition) is 6. The average Bonchev–Trinajstić information content (AvgIpc) is 3.28. The highest BCUT2D eigenvalue weighted by molar-refractivity contribution is 5.71. The molecule has 6 heteroatoms. The molecule has 360 valence electrons. The monoisotopic (exact) mass is 877 g/mol. The van der Waals surface area contributed by atoms with Gasteiger partial charge in [-0.05, 0) is 116 Å². The first-order valence-electron chi connectivity index (χ1n) is 26.1. The van der Waals surface area contributed by atoms with Crippen molar-refractivity contribution in [2.24, 2.45) is 0 Å². The molecule has 0 heterocycles. The summed E-state index contributed by atoms with van der Waals surface area (Å²) in [5, 5.41) is 0. The van der Waals surface area contributed by atoms with Gasteiger partial charge in [0.15, 0.2) is 6.10 Å². The van der Waals surface area contributed by atoms with Crippen LogP contribution >= 0.6 is 0 Å². The van der Waals surface area contributed by atoms with Gasteiger partial charge >= 0.3 is 17.9 Å². The molecule has 0 fully saturated rings. The van der Waals surface area contributed by atoms with Crippen LogP contribution in [0.2, 0.25) is 0 Å². The minimum atomic E-state index is -0.805. The third-order valence-electron chi connectivity index (χ3n) is 10.9. The fourth-order valence-corrected chi connectivity index (χ4v) is 6.93. The van der Waals surface area contributed by atoms with E-state index in [4.69, 9.17) is 14.2 Å². The number of carbonyl (C=O) groups is 3. The summed E-state index contributed by atoms with van der Waals surface area (Å²) in [6, 6.07) is 0. The second-order valence-electron chi connectivity index (χ2n) is 17.0. The van der Waals surface area contributed by atoms with Gasteiger partial charge in [0.25, 0.3) is 0 Å². The van der Waals surface area contributed by atoms with Crippen LogP contribution in [0, 0.1) is 0 Å². The summed E-state index contributed by atoms with van der Waals surface area (Å²) in [6.07, 6.45) is 65.6. The van der Waals surface area contributed by atoms with E-state index in [1.165, 1.54) is 89.9 Å². The van der Waals surface area contributed by atoms with Crippen molar-refractivity contribution in [2.45, 2.75) is 245 Å². The lowest BCUT2D eigenvalue weighted by molar-refractivity contribution is -0.167. The molecule has 6 nitrogen and oxygen atoms in total. The molecule has 0 saturated heterocycles. The highest BCUT2D eigenvalue weighted by Gasteiger charge is 2.19. The number of ether oxygens (including phenoxy) is 3. The second kappa shape index (κ2) is 51.2. The van der Waals surface area contributed by atoms with E-state index in [9.17, 15) is 14.4 Å². The number of hydrogen-bond donors (Lipinski definition) is 0. The topological polar surface area (TPSA) is 78.9 Å². The molecule has 0 radical (unpaired) electrons. The van der Waals surface area contributed by atoms with Crippen LogP contribution in [-0.2, 0) is 28.6 Å². The van der Waals surface area contributed by atoms with E-state index in [2.05, 4.69) is 106 Å². The summed E-state index contributed by atoms with van der Waals surface area (Å²) in [4.78, 5) is 38.0. The minimum Gasteiger partial charge on any atom is -0.462 e. The highest BCUT2D eigenvalue weighted by Crippen LogP contribution is 2.13. The molecule has 1 atom stereocenters. The van der Waals surface area contributed by atoms with Crippen molar-refractivity contribution in [3.63, 3.8) is 0 Å². The Bertz CT molecular complexity index is 1240. The molecule has 0 N–H and O–H groups in total. The number of esters is 3. The first-order valence-corrected chi connectivity index (χ1v) is 26.1. The van der Waals surface area contributed by atoms with E-state index in [0.29, 0.717) is 19.3 Å². The van der Waals surface area contributed by atoms with E-state index in [1.807, 2.05) is 0 Å². The van der Waals surface area contributed by atoms with Gasteiger partial charge in [0.05, 0.1) is 0 Å². The summed E-state index contributed by atoms with van der Waals surface area (Å²) in [7, 11) is 0. The molecule has 0 aliphatic carbocycles. The van der Waals surface area contributed by atoms with Gasteiger partial charge in [-0.25, -0.2) is 0 Å². The standard InChI is InChI=1S/C57H96O6/c1-4-7-10-13-16-19-22-25-28-31-34-37-40-43-46-49-55(58)61-52-54(63-57(60)51-48-45-42-39-36-33-30-27-24-21-18-15-12-9-6-3)53-62-56(59)50-47-44-41-38-35-32-29-26-23-20-17-14-11-8-5-2/h9,12,16,18-21,23,25,27-28,30,36,39,54H,4-8,10-11,13-15,17,22,24,26,29,31-35,37-38,40-53H2,1-3H3/b12-9-,19-16-,21-18-,23-20-,28-25-,30-27-,39-36-/t54-/m1/s1. The largest absolute Gasteiger partial charge is 0.462 e. The van der Waals surface area contributed by atoms with Crippen molar-refractivity contribution in [3.05, 3.63) is 85.1 Å². The van der Waals surface area contributed by atoms with Gasteiger partial charge in [-0.1, -0.05) is 189 Å². The van der Waals surface area contributed by atoms with Gasteiger partial charge in [-0.3, -0.25) is 14.4 Å². The third kappa shape index (κ3) is 49.5. The molecule has 0 unspecified atom stereocenters. The Labute approximate surface area is 388 Å². The number of unbranched alkanes of at least 4 members (excludes halogenated alkanes) is 21. The number of allylic oxidation sites excluding steroid dienone is 14. The summed E-state index contributed by atoms with van der Waals surface area (Å²) >= 11 is 0. The maximum atomic E-state index is 12.8. The number of rotatable bonds is 46. The smallest absolute Gasteiger partial charge is 0.306 e. The van der Waals surface area contributed by atoms with Crippen LogP contribution < -0.4 is 0 Å². The quantitative estimate of drug-likeness (QED) is 0.0262. The van der Waals surface area contributed by atoms with Gasteiger partial charge in [-0.15, -0.1) is 0 Å². The van der Waals surface area contributed by atoms with Crippen LogP contribution in [0.15, 0.2) is 85.1 Å². The van der Waals surface area contributed by atoms with Gasteiger partial charge in [0, 0.05) is 19.3 Å². The highest BCUT2D eigenvalue weighted by atomic mass is 16.6. The number of carbonyl (C=O) groups excluding carboxylic acids is 3. The molecule has 0 saturated carbocycles. The van der Waals surface area contributed by atoms with Gasteiger partial charge < -0.3 is 14.2 Å². The predicted octanol–water partition coefficient (Wildman–Crippen LogP) is 17.2. The zero-order valence-corrected chi connectivity index (χ0v) is 41.1. The fraction of sp³-hybridized carbons (Fsp3) is 0.702. The Hall–Kier alpha value is -3.41. The molecule has 63 heavy (non-hydrogen) atoms. The molecule has 0 aromatic heterocycles. The van der Waals surface area contributed by atoms with Crippen molar-refractivity contribution in [2.75, 3.05) is 13.2 Å². The van der Waals surface area contributed by atoms with Crippen LogP contribution in [0.1, 0.15) is 239 Å². The van der Waals surface area contributed by atoms with Gasteiger partial charge in [-0.2, -0.15) is 0 Å². The second-order valence-corrected chi connectivity index (χ2v) is 17.0. The maximum absolute atomic E-state index is 12.8. The van der Waals surface area contributed by atoms with Crippen molar-refractivity contribution in [1.82, 2.24) is 0 Å². The molecular formula is C57H96O6. The lowest BCUT2D eigenvalue weighted by atomic mass is 10.1. The summed E-state index contributed by atoms with van der Waals surface area (Å²) in [6.45, 7) is 6.43. The lowest BCUT2D eigenvalue weighted by Crippen LogP contribution is -2.30. The van der Waals surface area contributed by atoms with Crippen molar-refractivity contribution in [3.8, 4) is 0 Å². The lowest BCUT2D eigenvalue weighted by Gasteiger charge is -2.18. The summed E-state index contributed by atoms with van der Waals surface area (Å²) in [5.41, 5.74) is 0. The predicted molar refractivity (Wildman–Crippen MR) is 270 cm³/mol. The van der Waals surface area contributed by atoms with Crippen molar-refractivity contribution >= 4 is 17.9 Å². The Morgan fingerprint density at radius 1 is 0.333 bits per heavy atom. The van der Waals surface area contributed by atoms with Crippen molar-refractivity contribution in [1.29, 1.82) is 0 Å².